The molecular weight excluding hydrogens is 359 g/mol. The number of carboxylic acid groups (broad SMARTS) is 1. The molecule has 1 aliphatic rings. The van der Waals surface area contributed by atoms with Crippen LogP contribution in [0.1, 0.15) is 22.8 Å². The molecule has 0 radical (unpaired) electrons. The maximum Gasteiger partial charge on any atom is 0.451 e. The van der Waals surface area contributed by atoms with E-state index in [9.17, 15) is 24.9 Å². The number of nitrogens with two attached hydrogens (primary N) is 1. The number of aliphatic hydroxyl groups excluding tert-OH is 1. The molecule has 7 N–H and O–H groups in total. The molecule has 1 heterocycles. The van der Waals surface area contributed by atoms with Crippen molar-refractivity contribution < 1.29 is 39.7 Å². The number of ether oxygens (including phenoxy) is 1. The topological polar surface area (TPSA) is 174 Å². The van der Waals surface area contributed by atoms with E-state index < -0.39 is 48.6 Å². The maximum atomic E-state index is 12.0. The van der Waals surface area contributed by atoms with E-state index in [4.69, 9.17) is 20.5 Å². The fraction of sp³-hybridized carbons (Fsp3) is 0.500. The van der Waals surface area contributed by atoms with Gasteiger partial charge in [0.15, 0.2) is 0 Å². The highest BCUT2D eigenvalue weighted by Crippen LogP contribution is 2.34. The molecule has 2 atom stereocenters. The molecule has 1 aromatic rings. The van der Waals surface area contributed by atoms with Crippen LogP contribution >= 0.6 is 0 Å². The minimum Gasteiger partial charge on any atom is -0.507 e. The van der Waals surface area contributed by atoms with Crippen molar-refractivity contribution >= 4 is 19.0 Å². The average molecular weight is 382 g/mol. The Hall–Kier alpha value is -2.34. The van der Waals surface area contributed by atoms with Crippen LogP contribution in [-0.2, 0) is 11.2 Å². The second kappa shape index (κ2) is 8.57. The Kier molecular flexibility index (Phi) is 6.66. The van der Waals surface area contributed by atoms with Crippen LogP contribution in [0, 0.1) is 0 Å². The van der Waals surface area contributed by atoms with E-state index in [1.54, 1.807) is 0 Å². The normalized spacial score (nSPS) is 16.4. The van der Waals surface area contributed by atoms with Crippen LogP contribution < -0.4 is 10.5 Å². The summed E-state index contributed by atoms with van der Waals surface area (Å²) in [5, 5.41) is 46.8. The number of aromatic carboxylic acids is 1. The number of aliphatic hydroxyl groups is 1. The number of aromatic hydroxyl groups is 1. The van der Waals surface area contributed by atoms with Gasteiger partial charge in [0.1, 0.15) is 29.2 Å². The average Bonchev–Trinajstić information content (AvgIpc) is 2.54. The predicted octanol–water partition coefficient (Wildman–Crippen LogP) is -1.60. The standard InChI is InChI=1S/C16H23BN2O8/c1-8(20)13(18)15(22)19-6-10(7-19)27-11-3-2-9(4-5-17(25)26)14(21)12(11)16(23)24/h2-3,8,10,13,20-21,25-26H,4-7,18H2,1H3,(H,23,24)/t8?,13-/m1/s1. The number of carboxylic acids is 1. The van der Waals surface area contributed by atoms with Crippen molar-refractivity contribution in [2.75, 3.05) is 13.1 Å². The number of hydrogen-bond donors (Lipinski definition) is 6. The first-order valence-corrected chi connectivity index (χ1v) is 8.45. The number of carbonyl (C=O) groups is 2. The van der Waals surface area contributed by atoms with E-state index in [-0.39, 0.29) is 37.1 Å². The minimum absolute atomic E-state index is 0.0507. The number of likely N-dealkylation sites (tertiary alicyclic amines) is 1. The largest absolute Gasteiger partial charge is 0.507 e. The number of rotatable bonds is 8. The van der Waals surface area contributed by atoms with Gasteiger partial charge in [-0.15, -0.1) is 0 Å². The molecule has 0 aliphatic carbocycles. The summed E-state index contributed by atoms with van der Waals surface area (Å²) in [7, 11) is -1.57. The highest BCUT2D eigenvalue weighted by atomic mass is 16.5. The summed E-state index contributed by atoms with van der Waals surface area (Å²) in [5.74, 6) is -2.37. The maximum absolute atomic E-state index is 12.0. The van der Waals surface area contributed by atoms with Gasteiger partial charge in [-0.2, -0.15) is 0 Å². The van der Waals surface area contributed by atoms with Gasteiger partial charge in [0.05, 0.1) is 19.2 Å². The van der Waals surface area contributed by atoms with Gasteiger partial charge in [-0.3, -0.25) is 4.79 Å². The molecule has 0 spiro atoms. The number of amides is 1. The quantitative estimate of drug-likeness (QED) is 0.290. The Balaban J connectivity index is 2.06. The molecule has 0 saturated carbocycles. The lowest BCUT2D eigenvalue weighted by atomic mass is 9.82. The zero-order chi connectivity index (χ0) is 20.3. The molecule has 148 valence electrons. The van der Waals surface area contributed by atoms with E-state index in [0.29, 0.717) is 0 Å². The molecule has 0 aromatic heterocycles. The molecule has 2 rings (SSSR count). The molecule has 0 bridgehead atoms. The van der Waals surface area contributed by atoms with E-state index in [2.05, 4.69) is 0 Å². The summed E-state index contributed by atoms with van der Waals surface area (Å²) < 4.78 is 5.59. The third-order valence-electron chi connectivity index (χ3n) is 4.37. The number of benzene rings is 1. The van der Waals surface area contributed by atoms with Gasteiger partial charge < -0.3 is 40.7 Å². The second-order valence-electron chi connectivity index (χ2n) is 6.52. The summed E-state index contributed by atoms with van der Waals surface area (Å²) in [5.41, 5.74) is 5.42. The number of hydrogen-bond acceptors (Lipinski definition) is 8. The monoisotopic (exact) mass is 382 g/mol. The van der Waals surface area contributed by atoms with Crippen molar-refractivity contribution in [3.63, 3.8) is 0 Å². The van der Waals surface area contributed by atoms with Gasteiger partial charge in [-0.25, -0.2) is 4.79 Å². The first-order valence-electron chi connectivity index (χ1n) is 8.45. The Labute approximate surface area is 155 Å². The van der Waals surface area contributed by atoms with Gasteiger partial charge >= 0.3 is 13.1 Å². The van der Waals surface area contributed by atoms with E-state index >= 15 is 0 Å². The number of aryl methyl sites for hydroxylation is 1. The molecule has 1 fully saturated rings. The molecule has 1 aliphatic heterocycles. The predicted molar refractivity (Wildman–Crippen MR) is 94.4 cm³/mol. The van der Waals surface area contributed by atoms with Crippen LogP contribution in [0.15, 0.2) is 12.1 Å². The molecular formula is C16H23BN2O8. The zero-order valence-corrected chi connectivity index (χ0v) is 14.8. The minimum atomic E-state index is -1.57. The fourth-order valence-corrected chi connectivity index (χ4v) is 2.70. The zero-order valence-electron chi connectivity index (χ0n) is 14.8. The van der Waals surface area contributed by atoms with Crippen LogP contribution in [0.5, 0.6) is 11.5 Å². The Morgan fingerprint density at radius 2 is 2.00 bits per heavy atom. The van der Waals surface area contributed by atoms with Crippen molar-refractivity contribution in [3.05, 3.63) is 23.3 Å². The third-order valence-corrected chi connectivity index (χ3v) is 4.37. The highest BCUT2D eigenvalue weighted by Gasteiger charge is 2.37. The summed E-state index contributed by atoms with van der Waals surface area (Å²) in [6.45, 7) is 1.77. The van der Waals surface area contributed by atoms with Crippen molar-refractivity contribution in [2.45, 2.75) is 37.9 Å². The first kappa shape index (κ1) is 21.0. The third kappa shape index (κ3) is 4.89. The van der Waals surface area contributed by atoms with Crippen molar-refractivity contribution in [2.24, 2.45) is 5.73 Å². The van der Waals surface area contributed by atoms with Crippen LogP contribution in [0.4, 0.5) is 0 Å². The van der Waals surface area contributed by atoms with Gasteiger partial charge in [0.2, 0.25) is 5.91 Å². The fourth-order valence-electron chi connectivity index (χ4n) is 2.70. The Morgan fingerprint density at radius 3 is 2.52 bits per heavy atom. The summed E-state index contributed by atoms with van der Waals surface area (Å²) in [6.07, 6.45) is -1.45. The molecule has 1 aromatic carbocycles. The van der Waals surface area contributed by atoms with Crippen LogP contribution in [0.25, 0.3) is 0 Å². The van der Waals surface area contributed by atoms with Crippen molar-refractivity contribution in [3.8, 4) is 11.5 Å². The van der Waals surface area contributed by atoms with E-state index in [1.165, 1.54) is 24.0 Å². The summed E-state index contributed by atoms with van der Waals surface area (Å²) in [4.78, 5) is 24.9. The summed E-state index contributed by atoms with van der Waals surface area (Å²) in [6, 6.07) is 1.80. The molecule has 1 saturated heterocycles. The van der Waals surface area contributed by atoms with Crippen LogP contribution in [-0.4, -0.2) is 80.6 Å². The number of carbonyl (C=O) groups excluding carboxylic acids is 1. The van der Waals surface area contributed by atoms with Gasteiger partial charge in [-0.05, 0) is 31.3 Å². The molecule has 27 heavy (non-hydrogen) atoms. The van der Waals surface area contributed by atoms with Gasteiger partial charge in [0, 0.05) is 0 Å². The lowest BCUT2D eigenvalue weighted by molar-refractivity contribution is -0.143. The number of nitrogens with zero attached hydrogens (tertiary/aromatic N) is 1. The lowest BCUT2D eigenvalue weighted by Gasteiger charge is -2.40. The van der Waals surface area contributed by atoms with Crippen molar-refractivity contribution in [1.29, 1.82) is 0 Å². The van der Waals surface area contributed by atoms with E-state index in [0.717, 1.165) is 0 Å². The SMILES string of the molecule is CC(O)[C@@H](N)C(=O)N1CC(Oc2ccc(CCB(O)O)c(O)c2C(=O)O)C1. The smallest absolute Gasteiger partial charge is 0.451 e. The molecule has 10 nitrogen and oxygen atoms in total. The molecule has 11 heteroatoms. The summed E-state index contributed by atoms with van der Waals surface area (Å²) >= 11 is 0. The van der Waals surface area contributed by atoms with Gasteiger partial charge in [-0.1, -0.05) is 6.07 Å². The van der Waals surface area contributed by atoms with E-state index in [1.807, 2.05) is 0 Å². The first-order chi connectivity index (χ1) is 12.6. The molecule has 1 unspecified atom stereocenters. The molecule has 1 amide bonds. The lowest BCUT2D eigenvalue weighted by Crippen LogP contribution is -2.61. The van der Waals surface area contributed by atoms with Gasteiger partial charge in [0.25, 0.3) is 0 Å². The highest BCUT2D eigenvalue weighted by molar-refractivity contribution is 6.41. The van der Waals surface area contributed by atoms with Crippen LogP contribution in [0.3, 0.4) is 0 Å². The van der Waals surface area contributed by atoms with Crippen LogP contribution in [0.2, 0.25) is 6.32 Å². The number of phenols is 1. The second-order valence-corrected chi connectivity index (χ2v) is 6.52. The Bertz CT molecular complexity index is 706. The van der Waals surface area contributed by atoms with Crippen molar-refractivity contribution in [1.82, 2.24) is 4.90 Å². The Morgan fingerprint density at radius 1 is 1.37 bits per heavy atom.